The molecule has 0 saturated carbocycles. The first kappa shape index (κ1) is 15.6. The highest BCUT2D eigenvalue weighted by molar-refractivity contribution is 9.10. The van der Waals surface area contributed by atoms with Crippen LogP contribution < -0.4 is 4.31 Å². The highest BCUT2D eigenvalue weighted by atomic mass is 79.9. The van der Waals surface area contributed by atoms with E-state index in [4.69, 9.17) is 23.2 Å². The van der Waals surface area contributed by atoms with Gasteiger partial charge in [-0.3, -0.25) is 4.31 Å². The van der Waals surface area contributed by atoms with Gasteiger partial charge in [0.05, 0.1) is 10.7 Å². The molecule has 0 aromatic heterocycles. The Labute approximate surface area is 136 Å². The SMILES string of the molecule is CN(c1ccc(Br)cc1)S(=O)(=O)c1cc(Cl)ccc1Cl. The van der Waals surface area contributed by atoms with Crippen LogP contribution in [0.3, 0.4) is 0 Å². The Bertz CT molecular complexity index is 733. The lowest BCUT2D eigenvalue weighted by Crippen LogP contribution is -2.26. The molecule has 2 rings (SSSR count). The maximum absolute atomic E-state index is 12.6. The normalized spacial score (nSPS) is 11.4. The third kappa shape index (κ3) is 3.11. The molecule has 106 valence electrons. The van der Waals surface area contributed by atoms with Crippen molar-refractivity contribution < 1.29 is 8.42 Å². The summed E-state index contributed by atoms with van der Waals surface area (Å²) in [4.78, 5) is -0.0166. The molecule has 0 unspecified atom stereocenters. The van der Waals surface area contributed by atoms with Gasteiger partial charge in [-0.1, -0.05) is 39.1 Å². The van der Waals surface area contributed by atoms with Crippen molar-refractivity contribution >= 4 is 54.8 Å². The fourth-order valence-corrected chi connectivity index (χ4v) is 3.81. The summed E-state index contributed by atoms with van der Waals surface area (Å²) in [6, 6.07) is 11.3. The average molecular weight is 395 g/mol. The van der Waals surface area contributed by atoms with E-state index in [0.717, 1.165) is 8.78 Å². The number of anilines is 1. The van der Waals surface area contributed by atoms with Gasteiger partial charge in [0.2, 0.25) is 0 Å². The molecule has 0 aliphatic rings. The molecule has 20 heavy (non-hydrogen) atoms. The lowest BCUT2D eigenvalue weighted by molar-refractivity contribution is 0.594. The second-order valence-corrected chi connectivity index (χ2v) is 7.72. The molecular formula is C13H10BrCl2NO2S. The summed E-state index contributed by atoms with van der Waals surface area (Å²) < 4.78 is 27.2. The van der Waals surface area contributed by atoms with Crippen LogP contribution in [0.5, 0.6) is 0 Å². The minimum Gasteiger partial charge on any atom is -0.269 e. The monoisotopic (exact) mass is 393 g/mol. The van der Waals surface area contributed by atoms with Crippen LogP contribution in [0.4, 0.5) is 5.69 Å². The molecule has 7 heteroatoms. The largest absolute Gasteiger partial charge is 0.269 e. The van der Waals surface area contributed by atoms with Crippen LogP contribution >= 0.6 is 39.1 Å². The zero-order valence-corrected chi connectivity index (χ0v) is 14.3. The van der Waals surface area contributed by atoms with E-state index in [1.165, 1.54) is 19.2 Å². The number of benzene rings is 2. The Kier molecular flexibility index (Phi) is 4.64. The molecule has 0 heterocycles. The number of halogens is 3. The quantitative estimate of drug-likeness (QED) is 0.763. The summed E-state index contributed by atoms with van der Waals surface area (Å²) in [5.41, 5.74) is 0.532. The molecule has 0 amide bonds. The Morgan fingerprint density at radius 2 is 1.65 bits per heavy atom. The molecule has 0 spiro atoms. The standard InChI is InChI=1S/C13H10BrCl2NO2S/c1-17(11-5-2-9(14)3-6-11)20(18,19)13-8-10(15)4-7-12(13)16/h2-8H,1H3. The first-order chi connectivity index (χ1) is 9.32. The van der Waals surface area contributed by atoms with Crippen LogP contribution in [0.15, 0.2) is 51.8 Å². The van der Waals surface area contributed by atoms with E-state index in [2.05, 4.69) is 15.9 Å². The smallest absolute Gasteiger partial charge is 0.265 e. The molecule has 0 N–H and O–H groups in total. The van der Waals surface area contributed by atoms with Crippen molar-refractivity contribution in [3.8, 4) is 0 Å². The Balaban J connectivity index is 2.49. The zero-order valence-electron chi connectivity index (χ0n) is 10.3. The molecular weight excluding hydrogens is 385 g/mol. The van der Waals surface area contributed by atoms with E-state index in [1.54, 1.807) is 30.3 Å². The zero-order chi connectivity index (χ0) is 14.9. The summed E-state index contributed by atoms with van der Waals surface area (Å²) in [5, 5.41) is 0.454. The highest BCUT2D eigenvalue weighted by Gasteiger charge is 2.24. The Hall–Kier alpha value is -0.750. The first-order valence-corrected chi connectivity index (χ1v) is 8.51. The van der Waals surface area contributed by atoms with Crippen LogP contribution in [-0.2, 0) is 10.0 Å². The molecule has 2 aromatic carbocycles. The number of sulfonamides is 1. The van der Waals surface area contributed by atoms with E-state index < -0.39 is 10.0 Å². The van der Waals surface area contributed by atoms with Crippen LogP contribution in [-0.4, -0.2) is 15.5 Å². The van der Waals surface area contributed by atoms with Crippen molar-refractivity contribution in [1.29, 1.82) is 0 Å². The van der Waals surface area contributed by atoms with Gasteiger partial charge in [0.25, 0.3) is 10.0 Å². The summed E-state index contributed by atoms with van der Waals surface area (Å²) in [7, 11) is -2.29. The molecule has 0 aliphatic carbocycles. The van der Waals surface area contributed by atoms with Gasteiger partial charge in [-0.15, -0.1) is 0 Å². The predicted molar refractivity (Wildman–Crippen MR) is 86.2 cm³/mol. The number of rotatable bonds is 3. The van der Waals surface area contributed by atoms with Crippen LogP contribution in [0, 0.1) is 0 Å². The molecule has 0 saturated heterocycles. The van der Waals surface area contributed by atoms with E-state index in [0.29, 0.717) is 10.7 Å². The molecule has 3 nitrogen and oxygen atoms in total. The second kappa shape index (κ2) is 5.93. The van der Waals surface area contributed by atoms with Crippen LogP contribution in [0.1, 0.15) is 0 Å². The van der Waals surface area contributed by atoms with Gasteiger partial charge in [-0.2, -0.15) is 0 Å². The van der Waals surface area contributed by atoms with Gasteiger partial charge < -0.3 is 0 Å². The van der Waals surface area contributed by atoms with Crippen molar-refractivity contribution in [2.45, 2.75) is 4.90 Å². The Morgan fingerprint density at radius 3 is 2.25 bits per heavy atom. The fraction of sp³-hybridized carbons (Fsp3) is 0.0769. The van der Waals surface area contributed by atoms with Gasteiger partial charge in [0, 0.05) is 16.5 Å². The van der Waals surface area contributed by atoms with Crippen LogP contribution in [0.25, 0.3) is 0 Å². The first-order valence-electron chi connectivity index (χ1n) is 5.52. The third-order valence-electron chi connectivity index (χ3n) is 2.72. The van der Waals surface area contributed by atoms with Crippen molar-refractivity contribution in [3.63, 3.8) is 0 Å². The van der Waals surface area contributed by atoms with Crippen LogP contribution in [0.2, 0.25) is 10.0 Å². The summed E-state index contributed by atoms with van der Waals surface area (Å²) >= 11 is 15.1. The van der Waals surface area contributed by atoms with E-state index in [9.17, 15) is 8.42 Å². The maximum atomic E-state index is 12.6. The number of hydrogen-bond donors (Lipinski definition) is 0. The van der Waals surface area contributed by atoms with Gasteiger partial charge in [-0.25, -0.2) is 8.42 Å². The van der Waals surface area contributed by atoms with E-state index in [-0.39, 0.29) is 9.92 Å². The van der Waals surface area contributed by atoms with E-state index >= 15 is 0 Å². The number of nitrogens with zero attached hydrogens (tertiary/aromatic N) is 1. The predicted octanol–water partition coefficient (Wildman–Crippen LogP) is 4.58. The molecule has 2 aromatic rings. The minimum absolute atomic E-state index is 0.0166. The van der Waals surface area contributed by atoms with Gasteiger partial charge in [0.1, 0.15) is 4.90 Å². The Morgan fingerprint density at radius 1 is 1.05 bits per heavy atom. The minimum atomic E-state index is -3.76. The van der Waals surface area contributed by atoms with Gasteiger partial charge in [0.15, 0.2) is 0 Å². The topological polar surface area (TPSA) is 37.4 Å². The molecule has 0 aliphatic heterocycles. The van der Waals surface area contributed by atoms with E-state index in [1.807, 2.05) is 0 Å². The van der Waals surface area contributed by atoms with Crippen molar-refractivity contribution in [2.24, 2.45) is 0 Å². The van der Waals surface area contributed by atoms with Crippen molar-refractivity contribution in [2.75, 3.05) is 11.4 Å². The molecule has 0 atom stereocenters. The second-order valence-electron chi connectivity index (χ2n) is 4.02. The summed E-state index contributed by atoms with van der Waals surface area (Å²) in [5.74, 6) is 0. The highest BCUT2D eigenvalue weighted by Crippen LogP contribution is 2.30. The molecule has 0 fully saturated rings. The maximum Gasteiger partial charge on any atom is 0.265 e. The third-order valence-corrected chi connectivity index (χ3v) is 5.75. The fourth-order valence-electron chi connectivity index (χ4n) is 1.61. The lowest BCUT2D eigenvalue weighted by Gasteiger charge is -2.20. The average Bonchev–Trinajstić information content (AvgIpc) is 2.41. The summed E-state index contributed by atoms with van der Waals surface area (Å²) in [6.07, 6.45) is 0. The number of hydrogen-bond acceptors (Lipinski definition) is 2. The molecule has 0 radical (unpaired) electrons. The van der Waals surface area contributed by atoms with Crippen molar-refractivity contribution in [3.05, 3.63) is 57.0 Å². The van der Waals surface area contributed by atoms with Gasteiger partial charge in [-0.05, 0) is 42.5 Å². The van der Waals surface area contributed by atoms with Gasteiger partial charge >= 0.3 is 0 Å². The van der Waals surface area contributed by atoms with Crippen molar-refractivity contribution in [1.82, 2.24) is 0 Å². The lowest BCUT2D eigenvalue weighted by atomic mass is 10.3. The molecule has 0 bridgehead atoms. The summed E-state index contributed by atoms with van der Waals surface area (Å²) in [6.45, 7) is 0.